The van der Waals surface area contributed by atoms with Crippen molar-refractivity contribution in [3.63, 3.8) is 0 Å². The molecule has 3 nitrogen and oxygen atoms in total. The molecule has 0 radical (unpaired) electrons. The van der Waals surface area contributed by atoms with E-state index in [1.54, 1.807) is 29.8 Å². The average molecular weight is 323 g/mol. The van der Waals surface area contributed by atoms with Crippen LogP contribution in [-0.2, 0) is 5.75 Å². The highest BCUT2D eigenvalue weighted by Gasteiger charge is 2.17. The van der Waals surface area contributed by atoms with Gasteiger partial charge in [0.25, 0.3) is 5.91 Å². The quantitative estimate of drug-likeness (QED) is 0.629. The second-order valence-electron chi connectivity index (χ2n) is 5.07. The second-order valence-corrected chi connectivity index (χ2v) is 6.12. The van der Waals surface area contributed by atoms with Crippen LogP contribution in [0.1, 0.15) is 16.3 Å². The van der Waals surface area contributed by atoms with Gasteiger partial charge in [0.05, 0.1) is 5.75 Å². The lowest BCUT2D eigenvalue weighted by molar-refractivity contribution is 0.0965. The molecule has 4 heteroatoms. The lowest BCUT2D eigenvalue weighted by Crippen LogP contribution is -2.25. The smallest absolute Gasteiger partial charge is 0.293 e. The highest BCUT2D eigenvalue weighted by atomic mass is 32.2. The maximum absolute atomic E-state index is 12.5. The van der Waals surface area contributed by atoms with Gasteiger partial charge in [-0.3, -0.25) is 4.79 Å². The van der Waals surface area contributed by atoms with Crippen LogP contribution in [0.3, 0.4) is 0 Å². The Kier molecular flexibility index (Phi) is 4.83. The van der Waals surface area contributed by atoms with Gasteiger partial charge in [0.1, 0.15) is 5.76 Å². The number of carbonyl (C=O) groups is 1. The first-order chi connectivity index (χ1) is 11.2. The van der Waals surface area contributed by atoms with Gasteiger partial charge in [-0.05, 0) is 36.4 Å². The average Bonchev–Trinajstić information content (AvgIpc) is 3.09. The summed E-state index contributed by atoms with van der Waals surface area (Å²) in [5, 5.41) is 0. The Bertz CT molecular complexity index is 768. The molecule has 3 rings (SSSR count). The Morgan fingerprint density at radius 1 is 0.957 bits per heavy atom. The summed E-state index contributed by atoms with van der Waals surface area (Å²) in [4.78, 5) is 15.2. The Hall–Kier alpha value is -2.46. The molecule has 0 N–H and O–H groups in total. The first-order valence-electron chi connectivity index (χ1n) is 7.34. The van der Waals surface area contributed by atoms with Crippen LogP contribution in [-0.4, -0.2) is 13.0 Å². The van der Waals surface area contributed by atoms with Crippen LogP contribution in [0.5, 0.6) is 0 Å². The topological polar surface area (TPSA) is 33.5 Å². The second kappa shape index (κ2) is 7.20. The Morgan fingerprint density at radius 3 is 2.30 bits per heavy atom. The zero-order valence-corrected chi connectivity index (χ0v) is 13.6. The molecule has 1 aromatic heterocycles. The van der Waals surface area contributed by atoms with Crippen molar-refractivity contribution in [3.05, 3.63) is 84.3 Å². The number of nitrogens with zero attached hydrogens (tertiary/aromatic N) is 1. The van der Waals surface area contributed by atoms with Crippen molar-refractivity contribution >= 4 is 23.4 Å². The molecule has 1 heterocycles. The Balaban J connectivity index is 1.65. The van der Waals surface area contributed by atoms with Crippen molar-refractivity contribution in [2.24, 2.45) is 0 Å². The number of para-hydroxylation sites is 1. The van der Waals surface area contributed by atoms with E-state index in [4.69, 9.17) is 4.42 Å². The van der Waals surface area contributed by atoms with Crippen LogP contribution in [0, 0.1) is 0 Å². The molecule has 0 aliphatic heterocycles. The number of anilines is 1. The van der Waals surface area contributed by atoms with E-state index < -0.39 is 0 Å². The number of rotatable bonds is 5. The molecule has 116 valence electrons. The van der Waals surface area contributed by atoms with E-state index in [0.717, 1.165) is 11.4 Å². The number of benzene rings is 2. The van der Waals surface area contributed by atoms with E-state index in [2.05, 4.69) is 12.1 Å². The fraction of sp³-hybridized carbons (Fsp3) is 0.105. The molecule has 0 saturated heterocycles. The van der Waals surface area contributed by atoms with E-state index in [1.807, 2.05) is 54.6 Å². The minimum Gasteiger partial charge on any atom is -0.455 e. The number of hydrogen-bond donors (Lipinski definition) is 0. The summed E-state index contributed by atoms with van der Waals surface area (Å²) in [5.41, 5.74) is 0.842. The van der Waals surface area contributed by atoms with E-state index in [0.29, 0.717) is 11.5 Å². The maximum atomic E-state index is 12.5. The van der Waals surface area contributed by atoms with Crippen LogP contribution in [0.25, 0.3) is 0 Å². The molecule has 2 aromatic carbocycles. The monoisotopic (exact) mass is 323 g/mol. The van der Waals surface area contributed by atoms with Gasteiger partial charge in [-0.25, -0.2) is 0 Å². The van der Waals surface area contributed by atoms with Gasteiger partial charge in [-0.2, -0.15) is 0 Å². The standard InChI is InChI=1S/C19H17NO2S/c1-20(15-8-4-2-5-9-15)19(21)18-13-12-16(22-18)14-23-17-10-6-3-7-11-17/h2-13H,14H2,1H3. The highest BCUT2D eigenvalue weighted by molar-refractivity contribution is 7.98. The predicted octanol–water partition coefficient (Wildman–Crippen LogP) is 4.85. The molecule has 23 heavy (non-hydrogen) atoms. The van der Waals surface area contributed by atoms with Crippen molar-refractivity contribution in [1.82, 2.24) is 0 Å². The van der Waals surface area contributed by atoms with Crippen LogP contribution in [0.2, 0.25) is 0 Å². The van der Waals surface area contributed by atoms with Crippen molar-refractivity contribution in [3.8, 4) is 0 Å². The SMILES string of the molecule is CN(C(=O)c1ccc(CSc2ccccc2)o1)c1ccccc1. The van der Waals surface area contributed by atoms with Crippen molar-refractivity contribution in [2.75, 3.05) is 11.9 Å². The van der Waals surface area contributed by atoms with Gasteiger partial charge in [-0.15, -0.1) is 11.8 Å². The first-order valence-corrected chi connectivity index (χ1v) is 8.32. The molecule has 3 aromatic rings. The lowest BCUT2D eigenvalue weighted by atomic mass is 10.3. The molecule has 0 atom stereocenters. The van der Waals surface area contributed by atoms with Gasteiger partial charge in [0, 0.05) is 17.6 Å². The van der Waals surface area contributed by atoms with E-state index in [1.165, 1.54) is 4.90 Å². The predicted molar refractivity (Wildman–Crippen MR) is 93.9 cm³/mol. The summed E-state index contributed by atoms with van der Waals surface area (Å²) in [6.07, 6.45) is 0. The molecule has 0 aliphatic rings. The van der Waals surface area contributed by atoms with Gasteiger partial charge < -0.3 is 9.32 Å². The Morgan fingerprint density at radius 2 is 1.61 bits per heavy atom. The fourth-order valence-corrected chi connectivity index (χ4v) is 2.99. The molecule has 0 fully saturated rings. The van der Waals surface area contributed by atoms with E-state index in [9.17, 15) is 4.79 Å². The zero-order chi connectivity index (χ0) is 16.1. The minimum absolute atomic E-state index is 0.146. The molecule has 0 bridgehead atoms. The third-order valence-electron chi connectivity index (χ3n) is 3.44. The van der Waals surface area contributed by atoms with E-state index >= 15 is 0 Å². The van der Waals surface area contributed by atoms with E-state index in [-0.39, 0.29) is 5.91 Å². The molecule has 1 amide bonds. The van der Waals surface area contributed by atoms with Gasteiger partial charge in [-0.1, -0.05) is 36.4 Å². The molecular formula is C19H17NO2S. The molecule has 0 aliphatic carbocycles. The van der Waals surface area contributed by atoms with Crippen LogP contribution < -0.4 is 4.90 Å². The number of carbonyl (C=O) groups excluding carboxylic acids is 1. The largest absolute Gasteiger partial charge is 0.455 e. The van der Waals surface area contributed by atoms with Crippen LogP contribution >= 0.6 is 11.8 Å². The first kappa shape index (κ1) is 15.4. The lowest BCUT2D eigenvalue weighted by Gasteiger charge is -2.15. The third-order valence-corrected chi connectivity index (χ3v) is 4.48. The summed E-state index contributed by atoms with van der Waals surface area (Å²) in [6.45, 7) is 0. The number of furan rings is 1. The summed E-state index contributed by atoms with van der Waals surface area (Å²) < 4.78 is 5.70. The summed E-state index contributed by atoms with van der Waals surface area (Å²) >= 11 is 1.68. The Labute approximate surface area is 139 Å². The molecule has 0 unspecified atom stereocenters. The maximum Gasteiger partial charge on any atom is 0.293 e. The number of hydrogen-bond acceptors (Lipinski definition) is 3. The zero-order valence-electron chi connectivity index (χ0n) is 12.8. The third kappa shape index (κ3) is 3.85. The van der Waals surface area contributed by atoms with Crippen molar-refractivity contribution < 1.29 is 9.21 Å². The fourth-order valence-electron chi connectivity index (χ4n) is 2.18. The van der Waals surface area contributed by atoms with Crippen molar-refractivity contribution in [1.29, 1.82) is 0 Å². The summed E-state index contributed by atoms with van der Waals surface area (Å²) in [7, 11) is 1.75. The minimum atomic E-state index is -0.146. The number of amides is 1. The van der Waals surface area contributed by atoms with Gasteiger partial charge >= 0.3 is 0 Å². The van der Waals surface area contributed by atoms with Gasteiger partial charge in [0.2, 0.25) is 0 Å². The van der Waals surface area contributed by atoms with Gasteiger partial charge in [0.15, 0.2) is 5.76 Å². The highest BCUT2D eigenvalue weighted by Crippen LogP contribution is 2.24. The molecular weight excluding hydrogens is 306 g/mol. The summed E-state index contributed by atoms with van der Waals surface area (Å²) in [6, 6.07) is 23.3. The summed E-state index contributed by atoms with van der Waals surface area (Å²) in [5.74, 6) is 1.71. The van der Waals surface area contributed by atoms with Crippen LogP contribution in [0.4, 0.5) is 5.69 Å². The molecule has 0 saturated carbocycles. The van der Waals surface area contributed by atoms with Crippen molar-refractivity contribution in [2.45, 2.75) is 10.6 Å². The normalized spacial score (nSPS) is 10.5. The van der Waals surface area contributed by atoms with Crippen LogP contribution in [0.15, 0.2) is 82.1 Å². The molecule has 0 spiro atoms. The number of thioether (sulfide) groups is 1.